The Hall–Kier alpha value is -4.24. The van der Waals surface area contributed by atoms with Gasteiger partial charge in [0.25, 0.3) is 0 Å². The predicted molar refractivity (Wildman–Crippen MR) is 165 cm³/mol. The number of rotatable bonds is 3. The number of aromatic nitrogens is 3. The molecule has 0 fully saturated rings. The summed E-state index contributed by atoms with van der Waals surface area (Å²) in [5.41, 5.74) is 10.9. The molecule has 0 bridgehead atoms. The molecule has 0 aliphatic rings. The van der Waals surface area contributed by atoms with E-state index in [0.717, 1.165) is 44.7 Å². The van der Waals surface area contributed by atoms with E-state index in [1.165, 1.54) is 21.9 Å². The van der Waals surface area contributed by atoms with Gasteiger partial charge in [-0.25, -0.2) is 0 Å². The number of aromatic amines is 1. The topological polar surface area (TPSA) is 41.6 Å². The highest BCUT2D eigenvalue weighted by atomic mass is 14.7. The molecule has 0 aliphatic carbocycles. The lowest BCUT2D eigenvalue weighted by molar-refractivity contribution is 0.590. The quantitative estimate of drug-likeness (QED) is 0.257. The van der Waals surface area contributed by atoms with Gasteiger partial charge in [0.1, 0.15) is 0 Å². The van der Waals surface area contributed by atoms with Crippen LogP contribution in [0.2, 0.25) is 0 Å². The van der Waals surface area contributed by atoms with E-state index in [0.29, 0.717) is 0 Å². The van der Waals surface area contributed by atoms with Crippen molar-refractivity contribution in [2.24, 2.45) is 0 Å². The van der Waals surface area contributed by atoms with E-state index in [9.17, 15) is 0 Å². The van der Waals surface area contributed by atoms with E-state index >= 15 is 0 Å². The predicted octanol–water partition coefficient (Wildman–Crippen LogP) is 9.71. The van der Waals surface area contributed by atoms with Crippen LogP contribution in [0.3, 0.4) is 0 Å². The highest BCUT2D eigenvalue weighted by molar-refractivity contribution is 6.16. The summed E-state index contributed by atoms with van der Waals surface area (Å²) in [5, 5.41) is 2.44. The van der Waals surface area contributed by atoms with Gasteiger partial charge in [0.2, 0.25) is 0 Å². The zero-order valence-electron chi connectivity index (χ0n) is 24.6. The van der Waals surface area contributed by atoms with Crippen molar-refractivity contribution in [3.63, 3.8) is 0 Å². The SMILES string of the molecule is [2H]c1cccc(-c2cccc(-c3cc(C(C)(C)C)cc4c3[nH]c3c(-c5ccccn5)cc(C(C)(C)C)cc34)c2)n1. The Morgan fingerprint density at radius 3 is 1.85 bits per heavy atom. The van der Waals surface area contributed by atoms with Crippen molar-refractivity contribution >= 4 is 21.8 Å². The van der Waals surface area contributed by atoms with Crippen LogP contribution in [0.25, 0.3) is 55.4 Å². The minimum Gasteiger partial charge on any atom is -0.353 e. The molecule has 0 aliphatic heterocycles. The molecule has 3 heterocycles. The number of nitrogens with one attached hydrogen (secondary N) is 1. The van der Waals surface area contributed by atoms with E-state index < -0.39 is 0 Å². The third-order valence-electron chi connectivity index (χ3n) is 7.57. The van der Waals surface area contributed by atoms with Crippen molar-refractivity contribution in [1.29, 1.82) is 0 Å². The molecular weight excluding hydrogens is 474 g/mol. The van der Waals surface area contributed by atoms with Gasteiger partial charge < -0.3 is 4.98 Å². The van der Waals surface area contributed by atoms with Crippen LogP contribution in [0.4, 0.5) is 0 Å². The lowest BCUT2D eigenvalue weighted by Crippen LogP contribution is -2.11. The molecule has 1 N–H and O–H groups in total. The van der Waals surface area contributed by atoms with Crippen molar-refractivity contribution in [2.45, 2.75) is 52.4 Å². The van der Waals surface area contributed by atoms with E-state index in [2.05, 4.69) is 112 Å². The fourth-order valence-electron chi connectivity index (χ4n) is 5.25. The number of nitrogens with zero attached hydrogens (tertiary/aromatic N) is 2. The van der Waals surface area contributed by atoms with Crippen LogP contribution < -0.4 is 0 Å². The third-order valence-corrected chi connectivity index (χ3v) is 7.57. The van der Waals surface area contributed by atoms with Crippen molar-refractivity contribution < 1.29 is 1.37 Å². The average molecular weight is 511 g/mol. The van der Waals surface area contributed by atoms with Crippen LogP contribution in [0, 0.1) is 0 Å². The second kappa shape index (κ2) is 9.20. The standard InChI is InChI=1S/C36H35N3/c1-35(2,3)25-19-27(23-12-11-13-24(18-23)31-14-7-9-16-37-31)33-28(20-25)29-21-26(36(4,5)6)22-30(34(29)39-33)32-15-8-10-17-38-32/h7-22,39H,1-6H3/i16D. The maximum atomic E-state index is 8.00. The first kappa shape index (κ1) is 23.8. The molecule has 39 heavy (non-hydrogen) atoms. The highest BCUT2D eigenvalue weighted by Crippen LogP contribution is 2.42. The number of fused-ring (bicyclic) bond motifs is 3. The molecule has 0 saturated carbocycles. The molecule has 0 unspecified atom stereocenters. The fraction of sp³-hybridized carbons (Fsp3) is 0.222. The van der Waals surface area contributed by atoms with Gasteiger partial charge in [0.15, 0.2) is 0 Å². The summed E-state index contributed by atoms with van der Waals surface area (Å²) >= 11 is 0. The Bertz CT molecular complexity index is 1870. The maximum absolute atomic E-state index is 8.00. The number of H-pyrrole nitrogens is 1. The molecule has 3 nitrogen and oxygen atoms in total. The normalized spacial score (nSPS) is 12.7. The molecule has 0 saturated heterocycles. The molecule has 0 spiro atoms. The lowest BCUT2D eigenvalue weighted by Gasteiger charge is -2.22. The van der Waals surface area contributed by atoms with E-state index in [1.807, 2.05) is 24.4 Å². The molecule has 3 aromatic carbocycles. The molecule has 194 valence electrons. The zero-order chi connectivity index (χ0) is 28.2. The van der Waals surface area contributed by atoms with Crippen LogP contribution in [-0.4, -0.2) is 15.0 Å². The van der Waals surface area contributed by atoms with Crippen molar-refractivity contribution in [3.8, 4) is 33.6 Å². The van der Waals surface area contributed by atoms with Gasteiger partial charge in [-0.15, -0.1) is 0 Å². The van der Waals surface area contributed by atoms with Crippen LogP contribution in [0.1, 0.15) is 54.0 Å². The first-order valence-corrected chi connectivity index (χ1v) is 13.6. The van der Waals surface area contributed by atoms with Gasteiger partial charge in [0.05, 0.1) is 23.8 Å². The smallest absolute Gasteiger partial charge is 0.0840 e. The summed E-state index contributed by atoms with van der Waals surface area (Å²) in [6.45, 7) is 13.6. The first-order chi connectivity index (χ1) is 19.0. The Morgan fingerprint density at radius 1 is 0.590 bits per heavy atom. The Labute approximate surface area is 232 Å². The lowest BCUT2D eigenvalue weighted by atomic mass is 9.82. The molecule has 6 rings (SSSR count). The van der Waals surface area contributed by atoms with Crippen LogP contribution in [0.5, 0.6) is 0 Å². The van der Waals surface area contributed by atoms with Gasteiger partial charge in [-0.2, -0.15) is 0 Å². The summed E-state index contributed by atoms with van der Waals surface area (Å²) < 4.78 is 8.00. The van der Waals surface area contributed by atoms with Crippen molar-refractivity contribution in [1.82, 2.24) is 15.0 Å². The van der Waals surface area contributed by atoms with Crippen LogP contribution in [0.15, 0.2) is 97.3 Å². The molecule has 0 amide bonds. The summed E-state index contributed by atoms with van der Waals surface area (Å²) in [6.07, 6.45) is 2.13. The minimum atomic E-state index is -0.0310. The largest absolute Gasteiger partial charge is 0.353 e. The highest BCUT2D eigenvalue weighted by Gasteiger charge is 2.23. The maximum Gasteiger partial charge on any atom is 0.0840 e. The molecule has 3 heteroatoms. The average Bonchev–Trinajstić information content (AvgIpc) is 3.30. The van der Waals surface area contributed by atoms with Gasteiger partial charge in [0, 0.05) is 39.8 Å². The van der Waals surface area contributed by atoms with Crippen LogP contribution >= 0.6 is 0 Å². The van der Waals surface area contributed by atoms with Gasteiger partial charge in [-0.1, -0.05) is 71.9 Å². The second-order valence-corrected chi connectivity index (χ2v) is 12.5. The summed E-state index contributed by atoms with van der Waals surface area (Å²) in [6, 6.07) is 29.5. The number of pyridine rings is 2. The summed E-state index contributed by atoms with van der Waals surface area (Å²) in [7, 11) is 0. The van der Waals surface area contributed by atoms with E-state index in [4.69, 9.17) is 6.35 Å². The summed E-state index contributed by atoms with van der Waals surface area (Å²) in [5.74, 6) is 0. The minimum absolute atomic E-state index is 0.0144. The Morgan fingerprint density at radius 2 is 1.21 bits per heavy atom. The van der Waals surface area contributed by atoms with Gasteiger partial charge >= 0.3 is 0 Å². The van der Waals surface area contributed by atoms with Gasteiger partial charge in [-0.3, -0.25) is 9.97 Å². The summed E-state index contributed by atoms with van der Waals surface area (Å²) in [4.78, 5) is 13.1. The fourth-order valence-corrected chi connectivity index (χ4v) is 5.25. The number of hydrogen-bond acceptors (Lipinski definition) is 2. The molecule has 0 atom stereocenters. The Kier molecular flexibility index (Phi) is 5.62. The van der Waals surface area contributed by atoms with E-state index in [-0.39, 0.29) is 17.0 Å². The molecule has 0 radical (unpaired) electrons. The molecule has 3 aromatic heterocycles. The second-order valence-electron chi connectivity index (χ2n) is 12.5. The molecular formula is C36H35N3. The van der Waals surface area contributed by atoms with Crippen LogP contribution in [-0.2, 0) is 10.8 Å². The Balaban J connectivity index is 1.69. The van der Waals surface area contributed by atoms with Crippen molar-refractivity contribution in [2.75, 3.05) is 0 Å². The first-order valence-electron chi connectivity index (χ1n) is 14.1. The van der Waals surface area contributed by atoms with Crippen molar-refractivity contribution in [3.05, 3.63) is 108 Å². The van der Waals surface area contributed by atoms with E-state index in [1.54, 1.807) is 6.07 Å². The zero-order valence-corrected chi connectivity index (χ0v) is 23.6. The monoisotopic (exact) mass is 510 g/mol. The number of hydrogen-bond donors (Lipinski definition) is 1. The molecule has 6 aromatic rings. The van der Waals surface area contributed by atoms with Gasteiger partial charge in [-0.05, 0) is 82.1 Å². The number of benzene rings is 3. The third kappa shape index (κ3) is 4.63.